The van der Waals surface area contributed by atoms with Crippen LogP contribution in [0.5, 0.6) is 0 Å². The van der Waals surface area contributed by atoms with Gasteiger partial charge in [0.1, 0.15) is 12.1 Å². The van der Waals surface area contributed by atoms with Crippen molar-refractivity contribution in [1.29, 1.82) is 0 Å². The first-order valence-corrected chi connectivity index (χ1v) is 9.45. The molecule has 0 unspecified atom stereocenters. The second-order valence-corrected chi connectivity index (χ2v) is 6.55. The van der Waals surface area contributed by atoms with Crippen LogP contribution in [0.3, 0.4) is 0 Å². The van der Waals surface area contributed by atoms with Crippen molar-refractivity contribution >= 4 is 23.0 Å². The molecule has 0 saturated carbocycles. The van der Waals surface area contributed by atoms with Crippen LogP contribution in [0.25, 0.3) is 16.9 Å². The molecule has 0 aliphatic rings. The minimum atomic E-state index is -0.327. The summed E-state index contributed by atoms with van der Waals surface area (Å²) in [6, 6.07) is 17.0. The van der Waals surface area contributed by atoms with E-state index >= 15 is 0 Å². The molecule has 7 nitrogen and oxygen atoms in total. The van der Waals surface area contributed by atoms with Crippen molar-refractivity contribution in [2.24, 2.45) is 0 Å². The average molecular weight is 387 g/mol. The van der Waals surface area contributed by atoms with E-state index in [1.165, 1.54) is 0 Å². The first kappa shape index (κ1) is 18.6. The zero-order valence-electron chi connectivity index (χ0n) is 16.2. The lowest BCUT2D eigenvalue weighted by molar-refractivity contribution is 0.0526. The number of aromatic nitrogens is 4. The van der Waals surface area contributed by atoms with Crippen LogP contribution in [0.2, 0.25) is 0 Å². The van der Waals surface area contributed by atoms with Crippen molar-refractivity contribution in [3.05, 3.63) is 78.2 Å². The van der Waals surface area contributed by atoms with Gasteiger partial charge in [-0.1, -0.05) is 24.3 Å². The third-order valence-electron chi connectivity index (χ3n) is 4.58. The largest absolute Gasteiger partial charge is 0.462 e. The highest BCUT2D eigenvalue weighted by atomic mass is 16.5. The summed E-state index contributed by atoms with van der Waals surface area (Å²) < 4.78 is 7.01. The van der Waals surface area contributed by atoms with Gasteiger partial charge < -0.3 is 10.1 Å². The first-order valence-electron chi connectivity index (χ1n) is 9.45. The smallest absolute Gasteiger partial charge is 0.338 e. The summed E-state index contributed by atoms with van der Waals surface area (Å²) in [7, 11) is 0. The normalized spacial score (nSPS) is 11.9. The van der Waals surface area contributed by atoms with Crippen LogP contribution in [0.4, 0.5) is 5.95 Å². The number of anilines is 1. The molecular formula is C22H21N5O2. The van der Waals surface area contributed by atoms with Crippen LogP contribution in [-0.2, 0) is 4.74 Å². The van der Waals surface area contributed by atoms with Crippen molar-refractivity contribution in [2.75, 3.05) is 11.9 Å². The summed E-state index contributed by atoms with van der Waals surface area (Å²) in [5.74, 6) is 0.893. The first-order chi connectivity index (χ1) is 14.2. The molecule has 0 amide bonds. The fraction of sp³-hybridized carbons (Fsp3) is 0.182. The van der Waals surface area contributed by atoms with Crippen molar-refractivity contribution < 1.29 is 9.53 Å². The Morgan fingerprint density at radius 3 is 2.86 bits per heavy atom. The molecule has 2 aromatic carbocycles. The van der Waals surface area contributed by atoms with Crippen LogP contribution >= 0.6 is 0 Å². The number of imidazole rings is 1. The second kappa shape index (κ2) is 8.10. The van der Waals surface area contributed by atoms with Gasteiger partial charge in [-0.3, -0.25) is 4.57 Å². The standard InChI is InChI=1S/C22H21N5O2/c1-3-29-21(28)17-8-6-7-16(13-17)15(2)25-22-23-12-11-20(26-22)27-14-24-18-9-4-5-10-19(18)27/h4-15H,3H2,1-2H3,(H,23,25,26)/t15-/m0/s1. The maximum atomic E-state index is 12.0. The van der Waals surface area contributed by atoms with Gasteiger partial charge in [-0.2, -0.15) is 4.98 Å². The lowest BCUT2D eigenvalue weighted by Crippen LogP contribution is -2.12. The van der Waals surface area contributed by atoms with E-state index in [0.717, 1.165) is 22.4 Å². The van der Waals surface area contributed by atoms with Gasteiger partial charge in [0, 0.05) is 6.20 Å². The van der Waals surface area contributed by atoms with E-state index in [9.17, 15) is 4.79 Å². The van der Waals surface area contributed by atoms with Crippen molar-refractivity contribution in [3.8, 4) is 5.82 Å². The van der Waals surface area contributed by atoms with E-state index < -0.39 is 0 Å². The Labute approximate surface area is 168 Å². The molecule has 4 rings (SSSR count). The van der Waals surface area contributed by atoms with Gasteiger partial charge in [-0.15, -0.1) is 0 Å². The number of nitrogens with zero attached hydrogens (tertiary/aromatic N) is 4. The zero-order chi connectivity index (χ0) is 20.2. The molecule has 1 N–H and O–H groups in total. The van der Waals surface area contributed by atoms with E-state index in [2.05, 4.69) is 20.3 Å². The lowest BCUT2D eigenvalue weighted by Gasteiger charge is -2.15. The summed E-state index contributed by atoms with van der Waals surface area (Å²) in [5, 5.41) is 3.30. The van der Waals surface area contributed by atoms with E-state index in [-0.39, 0.29) is 12.0 Å². The van der Waals surface area contributed by atoms with Gasteiger partial charge in [-0.25, -0.2) is 14.8 Å². The molecule has 29 heavy (non-hydrogen) atoms. The third-order valence-corrected chi connectivity index (χ3v) is 4.58. The SMILES string of the molecule is CCOC(=O)c1cccc([C@H](C)Nc2nccc(-n3cnc4ccccc43)n2)c1. The van der Waals surface area contributed by atoms with E-state index in [0.29, 0.717) is 18.1 Å². The van der Waals surface area contributed by atoms with Crippen LogP contribution in [0.15, 0.2) is 67.1 Å². The highest BCUT2D eigenvalue weighted by molar-refractivity contribution is 5.89. The third kappa shape index (κ3) is 3.94. The molecule has 0 aliphatic heterocycles. The number of fused-ring (bicyclic) bond motifs is 1. The van der Waals surface area contributed by atoms with Gasteiger partial charge in [0.05, 0.1) is 29.2 Å². The molecule has 2 aromatic heterocycles. The number of esters is 1. The van der Waals surface area contributed by atoms with E-state index in [4.69, 9.17) is 4.74 Å². The lowest BCUT2D eigenvalue weighted by atomic mass is 10.1. The summed E-state index contributed by atoms with van der Waals surface area (Å²) in [6.45, 7) is 4.13. The second-order valence-electron chi connectivity index (χ2n) is 6.55. The Bertz CT molecular complexity index is 1150. The molecule has 0 spiro atoms. The monoisotopic (exact) mass is 387 g/mol. The fourth-order valence-corrected chi connectivity index (χ4v) is 3.12. The van der Waals surface area contributed by atoms with Crippen LogP contribution in [-0.4, -0.2) is 32.1 Å². The van der Waals surface area contributed by atoms with Crippen molar-refractivity contribution in [3.63, 3.8) is 0 Å². The summed E-state index contributed by atoms with van der Waals surface area (Å²) in [6.07, 6.45) is 3.46. The molecule has 146 valence electrons. The number of ether oxygens (including phenoxy) is 1. The molecule has 0 bridgehead atoms. The predicted molar refractivity (Wildman–Crippen MR) is 111 cm³/mol. The highest BCUT2D eigenvalue weighted by Crippen LogP contribution is 2.21. The average Bonchev–Trinajstić information content (AvgIpc) is 3.18. The Morgan fingerprint density at radius 1 is 1.14 bits per heavy atom. The molecule has 0 fully saturated rings. The van der Waals surface area contributed by atoms with Crippen LogP contribution in [0, 0.1) is 0 Å². The van der Waals surface area contributed by atoms with Gasteiger partial charge in [0.15, 0.2) is 0 Å². The Hall–Kier alpha value is -3.74. The molecule has 1 atom stereocenters. The van der Waals surface area contributed by atoms with Crippen molar-refractivity contribution in [1.82, 2.24) is 19.5 Å². The number of rotatable bonds is 6. The molecule has 4 aromatic rings. The summed E-state index contributed by atoms with van der Waals surface area (Å²) >= 11 is 0. The fourth-order valence-electron chi connectivity index (χ4n) is 3.12. The molecule has 2 heterocycles. The number of para-hydroxylation sites is 2. The number of carbonyl (C=O) groups is 1. The molecule has 7 heteroatoms. The zero-order valence-corrected chi connectivity index (χ0v) is 16.2. The molecule has 0 radical (unpaired) electrons. The molecule has 0 saturated heterocycles. The molecule has 0 aliphatic carbocycles. The van der Waals surface area contributed by atoms with Gasteiger partial charge in [0.25, 0.3) is 0 Å². The van der Waals surface area contributed by atoms with E-state index in [1.807, 2.05) is 60.0 Å². The van der Waals surface area contributed by atoms with Crippen molar-refractivity contribution in [2.45, 2.75) is 19.9 Å². The number of carbonyl (C=O) groups excluding carboxylic acids is 1. The maximum absolute atomic E-state index is 12.0. The minimum Gasteiger partial charge on any atom is -0.462 e. The number of benzene rings is 2. The summed E-state index contributed by atoms with van der Waals surface area (Å²) in [5.41, 5.74) is 3.35. The Balaban J connectivity index is 1.57. The maximum Gasteiger partial charge on any atom is 0.338 e. The number of hydrogen-bond acceptors (Lipinski definition) is 6. The van der Waals surface area contributed by atoms with Crippen LogP contribution < -0.4 is 5.32 Å². The minimum absolute atomic E-state index is 0.0980. The Morgan fingerprint density at radius 2 is 2.00 bits per heavy atom. The number of hydrogen-bond donors (Lipinski definition) is 1. The van der Waals surface area contributed by atoms with Crippen LogP contribution in [0.1, 0.15) is 35.8 Å². The predicted octanol–water partition coefficient (Wildman–Crippen LogP) is 4.17. The van der Waals surface area contributed by atoms with Gasteiger partial charge in [-0.05, 0) is 49.7 Å². The van der Waals surface area contributed by atoms with E-state index in [1.54, 1.807) is 25.5 Å². The number of nitrogens with one attached hydrogen (secondary N) is 1. The quantitative estimate of drug-likeness (QED) is 0.500. The Kier molecular flexibility index (Phi) is 5.20. The summed E-state index contributed by atoms with van der Waals surface area (Å²) in [4.78, 5) is 25.4. The molecular weight excluding hydrogens is 366 g/mol. The van der Waals surface area contributed by atoms with Gasteiger partial charge in [0.2, 0.25) is 5.95 Å². The highest BCUT2D eigenvalue weighted by Gasteiger charge is 2.13. The van der Waals surface area contributed by atoms with Gasteiger partial charge >= 0.3 is 5.97 Å². The topological polar surface area (TPSA) is 81.9 Å².